The molecule has 4 N–H and O–H groups in total. The van der Waals surface area contributed by atoms with Gasteiger partial charge >= 0.3 is 12.1 Å². The first-order chi connectivity index (χ1) is 22.9. The van der Waals surface area contributed by atoms with Crippen molar-refractivity contribution >= 4 is 39.5 Å². The third kappa shape index (κ3) is 8.09. The van der Waals surface area contributed by atoms with Crippen molar-refractivity contribution in [1.29, 1.82) is 0 Å². The number of nitrogens with one attached hydrogen (secondary N) is 3. The molecule has 48 heavy (non-hydrogen) atoms. The van der Waals surface area contributed by atoms with E-state index in [-0.39, 0.29) is 30.2 Å². The lowest BCUT2D eigenvalue weighted by Crippen LogP contribution is -2.49. The first-order valence-corrected chi connectivity index (χ1v) is 16.8. The van der Waals surface area contributed by atoms with Gasteiger partial charge in [-0.1, -0.05) is 59.3 Å². The number of benzene rings is 2. The number of rotatable bonds is 12. The minimum absolute atomic E-state index is 0.0110. The number of anilines is 1. The van der Waals surface area contributed by atoms with Gasteiger partial charge in [-0.3, -0.25) is 14.5 Å². The molecule has 15 heteroatoms. The van der Waals surface area contributed by atoms with Crippen molar-refractivity contribution in [2.75, 3.05) is 25.0 Å². The van der Waals surface area contributed by atoms with Crippen LogP contribution >= 0.6 is 0 Å². The number of likely N-dealkylation sites (tertiary alicyclic amines) is 1. The predicted octanol–water partition coefficient (Wildman–Crippen LogP) is 2.89. The molecule has 2 unspecified atom stereocenters. The molecule has 254 valence electrons. The van der Waals surface area contributed by atoms with Gasteiger partial charge in [0.15, 0.2) is 5.60 Å². The van der Waals surface area contributed by atoms with Crippen molar-refractivity contribution in [2.45, 2.75) is 62.8 Å². The molecule has 2 aliphatic heterocycles. The molecule has 1 spiro atoms. The Morgan fingerprint density at radius 1 is 1.08 bits per heavy atom. The molecule has 2 aliphatic rings. The first kappa shape index (κ1) is 34.3. The maximum absolute atomic E-state index is 13.3. The molecule has 3 atom stereocenters. The highest BCUT2D eigenvalue weighted by molar-refractivity contribution is 7.89. The number of ether oxygens (including phenoxy) is 1. The molecule has 2 aromatic carbocycles. The lowest BCUT2D eigenvalue weighted by atomic mass is 9.94. The van der Waals surface area contributed by atoms with Gasteiger partial charge in [0, 0.05) is 32.1 Å². The number of carboxylic acids is 1. The lowest BCUT2D eigenvalue weighted by Gasteiger charge is -2.24. The number of hydrogen-bond donors (Lipinski definition) is 4. The van der Waals surface area contributed by atoms with Crippen LogP contribution in [0.2, 0.25) is 0 Å². The smallest absolute Gasteiger partial charge is 0.410 e. The third-order valence-corrected chi connectivity index (χ3v) is 9.94. The highest BCUT2D eigenvalue weighted by Crippen LogP contribution is 2.38. The number of aromatic nitrogens is 1. The van der Waals surface area contributed by atoms with Crippen LogP contribution in [0.3, 0.4) is 0 Å². The summed E-state index contributed by atoms with van der Waals surface area (Å²) in [6.45, 7) is 5.04. The minimum Gasteiger partial charge on any atom is -0.480 e. The summed E-state index contributed by atoms with van der Waals surface area (Å²) in [7, 11) is -4.23. The van der Waals surface area contributed by atoms with Gasteiger partial charge in [-0.05, 0) is 49.6 Å². The Morgan fingerprint density at radius 3 is 2.46 bits per heavy atom. The molecule has 5 rings (SSSR count). The number of oxime groups is 1. The molecule has 0 bridgehead atoms. The fourth-order valence-electron chi connectivity index (χ4n) is 6.08. The molecule has 0 radical (unpaired) electrons. The summed E-state index contributed by atoms with van der Waals surface area (Å²) in [4.78, 5) is 50.0. The number of hydrogen-bond acceptors (Lipinski definition) is 10. The van der Waals surface area contributed by atoms with E-state index < -0.39 is 52.2 Å². The summed E-state index contributed by atoms with van der Waals surface area (Å²) in [5, 5.41) is 19.5. The number of sulfonamides is 1. The number of aryl methyl sites for hydroxylation is 3. The maximum Gasteiger partial charge on any atom is 0.410 e. The van der Waals surface area contributed by atoms with Gasteiger partial charge in [-0.25, -0.2) is 18.2 Å². The van der Waals surface area contributed by atoms with E-state index in [1.165, 1.54) is 0 Å². The molecule has 1 saturated heterocycles. The Bertz CT molecular complexity index is 1780. The largest absolute Gasteiger partial charge is 0.480 e. The van der Waals surface area contributed by atoms with Crippen LogP contribution < -0.4 is 15.4 Å². The van der Waals surface area contributed by atoms with Crippen LogP contribution in [0.25, 0.3) is 0 Å². The zero-order valence-corrected chi connectivity index (χ0v) is 27.6. The van der Waals surface area contributed by atoms with E-state index in [1.54, 1.807) is 49.2 Å². The SMILES string of the molecule is Cc1cc(C)c(S(=O)(=O)NC(CNC(=O)C2=NO[C@]3(C2)CC(CNc2ccccn2)N(C(=O)OCc2ccccc2)C3)C(=O)O)c(C)c1. The van der Waals surface area contributed by atoms with Gasteiger partial charge in [0.2, 0.25) is 10.0 Å². The van der Waals surface area contributed by atoms with Gasteiger partial charge < -0.3 is 25.3 Å². The number of nitrogens with zero attached hydrogens (tertiary/aromatic N) is 3. The van der Waals surface area contributed by atoms with E-state index in [0.717, 1.165) is 11.1 Å². The number of pyridine rings is 1. The van der Waals surface area contributed by atoms with E-state index in [2.05, 4.69) is 25.5 Å². The monoisotopic (exact) mass is 678 g/mol. The Hall–Kier alpha value is -5.02. The Kier molecular flexibility index (Phi) is 10.3. The standard InChI is InChI=1S/C33H38N6O8S/c1-21-13-22(2)29(23(3)14-21)48(44,45)38-27(31(41)42)18-36-30(40)26-16-33(47-37-26)15-25(17-35-28-11-7-8-12-34-28)39(20-33)32(43)46-19-24-9-5-4-6-10-24/h4-14,25,27,38H,15-20H2,1-3H3,(H,34,35)(H,36,40)(H,41,42)/t25?,27?,33-/m0/s1. The normalized spacial score (nSPS) is 19.4. The average molecular weight is 679 g/mol. The second-order valence-corrected chi connectivity index (χ2v) is 13.7. The Labute approximate surface area is 278 Å². The maximum atomic E-state index is 13.3. The van der Waals surface area contributed by atoms with Gasteiger partial charge in [0.25, 0.3) is 5.91 Å². The van der Waals surface area contributed by atoms with Crippen molar-refractivity contribution < 1.29 is 37.5 Å². The minimum atomic E-state index is -4.23. The molecular weight excluding hydrogens is 640 g/mol. The molecule has 0 saturated carbocycles. The van der Waals surface area contributed by atoms with Crippen LogP contribution in [0.4, 0.5) is 10.6 Å². The van der Waals surface area contributed by atoms with Crippen molar-refractivity contribution in [1.82, 2.24) is 19.9 Å². The molecule has 0 aliphatic carbocycles. The molecule has 1 aromatic heterocycles. The van der Waals surface area contributed by atoms with Crippen molar-refractivity contribution in [3.8, 4) is 0 Å². The van der Waals surface area contributed by atoms with Crippen LogP contribution in [0.15, 0.2) is 76.9 Å². The van der Waals surface area contributed by atoms with Crippen molar-refractivity contribution in [3.63, 3.8) is 0 Å². The fourth-order valence-corrected chi connectivity index (χ4v) is 7.72. The first-order valence-electron chi connectivity index (χ1n) is 15.3. The summed E-state index contributed by atoms with van der Waals surface area (Å²) in [5.74, 6) is -1.56. The highest BCUT2D eigenvalue weighted by Gasteiger charge is 2.52. The summed E-state index contributed by atoms with van der Waals surface area (Å²) in [6.07, 6.45) is 1.45. The number of carbonyl (C=O) groups is 3. The fraction of sp³-hybridized carbons (Fsp3) is 0.364. The molecular formula is C33H38N6O8S. The summed E-state index contributed by atoms with van der Waals surface area (Å²) >= 11 is 0. The van der Waals surface area contributed by atoms with Gasteiger partial charge in [-0.2, -0.15) is 4.72 Å². The predicted molar refractivity (Wildman–Crippen MR) is 176 cm³/mol. The van der Waals surface area contributed by atoms with Crippen LogP contribution in [0.5, 0.6) is 0 Å². The van der Waals surface area contributed by atoms with E-state index in [9.17, 15) is 27.9 Å². The van der Waals surface area contributed by atoms with Crippen LogP contribution in [0.1, 0.15) is 35.1 Å². The number of aliphatic carboxylic acids is 1. The zero-order chi connectivity index (χ0) is 34.5. The van der Waals surface area contributed by atoms with E-state index in [0.29, 0.717) is 29.9 Å². The zero-order valence-electron chi connectivity index (χ0n) is 26.8. The quantitative estimate of drug-likeness (QED) is 0.222. The van der Waals surface area contributed by atoms with Crippen molar-refractivity contribution in [3.05, 3.63) is 89.1 Å². The van der Waals surface area contributed by atoms with Crippen LogP contribution in [0, 0.1) is 20.8 Å². The molecule has 14 nitrogen and oxygen atoms in total. The second kappa shape index (κ2) is 14.4. The van der Waals surface area contributed by atoms with E-state index >= 15 is 0 Å². The van der Waals surface area contributed by atoms with Crippen molar-refractivity contribution in [2.24, 2.45) is 5.16 Å². The van der Waals surface area contributed by atoms with Gasteiger partial charge in [0.05, 0.1) is 17.5 Å². The second-order valence-electron chi connectivity index (χ2n) is 12.1. The van der Waals surface area contributed by atoms with Crippen LogP contribution in [-0.4, -0.2) is 84.4 Å². The molecule has 3 heterocycles. The van der Waals surface area contributed by atoms with E-state index in [4.69, 9.17) is 9.57 Å². The number of amides is 2. The lowest BCUT2D eigenvalue weighted by molar-refractivity contribution is -0.138. The van der Waals surface area contributed by atoms with Crippen LogP contribution in [-0.2, 0) is 35.8 Å². The number of carboxylic acid groups (broad SMARTS) is 1. The summed E-state index contributed by atoms with van der Waals surface area (Å²) in [6, 6.07) is 16.0. The summed E-state index contributed by atoms with van der Waals surface area (Å²) in [5.41, 5.74) is 1.60. The van der Waals surface area contributed by atoms with Gasteiger partial charge in [0.1, 0.15) is 24.2 Å². The highest BCUT2D eigenvalue weighted by atomic mass is 32.2. The Balaban J connectivity index is 1.22. The third-order valence-electron chi connectivity index (χ3n) is 8.17. The number of carbonyl (C=O) groups excluding carboxylic acids is 2. The molecule has 3 aromatic rings. The molecule has 1 fully saturated rings. The van der Waals surface area contributed by atoms with Gasteiger partial charge in [-0.15, -0.1) is 0 Å². The summed E-state index contributed by atoms with van der Waals surface area (Å²) < 4.78 is 34.2. The Morgan fingerprint density at radius 2 is 1.79 bits per heavy atom. The molecule has 2 amide bonds. The average Bonchev–Trinajstić information content (AvgIpc) is 3.63. The van der Waals surface area contributed by atoms with E-state index in [1.807, 2.05) is 43.3 Å². The topological polar surface area (TPSA) is 189 Å².